The Bertz CT molecular complexity index is 91.3. The van der Waals surface area contributed by atoms with Gasteiger partial charge in [0.1, 0.15) is 6.29 Å². The molecule has 0 saturated heterocycles. The third-order valence-electron chi connectivity index (χ3n) is 1.57. The van der Waals surface area contributed by atoms with Crippen molar-refractivity contribution in [3.8, 4) is 0 Å². The molecule has 0 aliphatic carbocycles. The predicted octanol–water partition coefficient (Wildman–Crippen LogP) is 1.20. The maximum absolute atomic E-state index is 10.1. The Morgan fingerprint density at radius 1 is 1.50 bits per heavy atom. The molecule has 0 rings (SSSR count). The molecule has 0 aliphatic rings. The fraction of sp³-hybridized carbons (Fsp3) is 0.875. The summed E-state index contributed by atoms with van der Waals surface area (Å²) < 4.78 is 0. The van der Waals surface area contributed by atoms with Gasteiger partial charge in [0, 0.05) is 6.42 Å². The maximum atomic E-state index is 10.1. The topological polar surface area (TPSA) is 43.1 Å². The summed E-state index contributed by atoms with van der Waals surface area (Å²) in [6, 6.07) is 0. The lowest BCUT2D eigenvalue weighted by Crippen LogP contribution is -2.16. The molecule has 0 radical (unpaired) electrons. The molecule has 2 nitrogen and oxygen atoms in total. The highest BCUT2D eigenvalue weighted by molar-refractivity contribution is 5.49. The van der Waals surface area contributed by atoms with Crippen LogP contribution in [0.5, 0.6) is 0 Å². The average molecular weight is 143 g/mol. The smallest absolute Gasteiger partial charge is 0.120 e. The minimum absolute atomic E-state index is 0.400. The number of carbonyl (C=O) groups is 1. The number of nitrogens with two attached hydrogens (primary N) is 1. The van der Waals surface area contributed by atoms with Gasteiger partial charge in [0.15, 0.2) is 0 Å². The number of carbonyl (C=O) groups excluding carboxylic acids is 1. The number of rotatable bonds is 5. The van der Waals surface area contributed by atoms with Crippen LogP contribution in [0.1, 0.15) is 26.7 Å². The molecule has 0 bridgehead atoms. The van der Waals surface area contributed by atoms with Gasteiger partial charge in [0.2, 0.25) is 0 Å². The largest absolute Gasteiger partial charge is 0.330 e. The Balaban J connectivity index is 3.48. The molecule has 0 unspecified atom stereocenters. The highest BCUT2D eigenvalue weighted by atomic mass is 16.1. The van der Waals surface area contributed by atoms with Gasteiger partial charge in [-0.1, -0.05) is 13.8 Å². The summed E-state index contributed by atoms with van der Waals surface area (Å²) in [7, 11) is 0. The monoisotopic (exact) mass is 143 g/mol. The van der Waals surface area contributed by atoms with Crippen molar-refractivity contribution in [1.82, 2.24) is 0 Å². The second-order valence-corrected chi connectivity index (χ2v) is 3.13. The van der Waals surface area contributed by atoms with E-state index in [1.807, 2.05) is 0 Å². The summed E-state index contributed by atoms with van der Waals surface area (Å²) >= 11 is 0. The zero-order valence-electron chi connectivity index (χ0n) is 6.84. The molecule has 0 amide bonds. The lowest BCUT2D eigenvalue weighted by Gasteiger charge is -2.12. The van der Waals surface area contributed by atoms with Gasteiger partial charge in [0.25, 0.3) is 0 Å². The van der Waals surface area contributed by atoms with Crippen molar-refractivity contribution in [2.45, 2.75) is 26.7 Å². The minimum atomic E-state index is 0.400. The van der Waals surface area contributed by atoms with E-state index in [0.29, 0.717) is 24.8 Å². The van der Waals surface area contributed by atoms with Crippen LogP contribution in [0.2, 0.25) is 0 Å². The summed E-state index contributed by atoms with van der Waals surface area (Å²) in [5.41, 5.74) is 5.45. The standard InChI is InChI=1S/C8H17NO/c1-7(2)5-8(6-9)3-4-10/h4,7-8H,3,5-6,9H2,1-2H3/t8-/m1/s1. The van der Waals surface area contributed by atoms with Crippen molar-refractivity contribution in [3.63, 3.8) is 0 Å². The summed E-state index contributed by atoms with van der Waals surface area (Å²) in [4.78, 5) is 10.1. The Labute approximate surface area is 62.8 Å². The Kier molecular flexibility index (Phi) is 5.22. The lowest BCUT2D eigenvalue weighted by molar-refractivity contribution is -0.108. The van der Waals surface area contributed by atoms with E-state index >= 15 is 0 Å². The predicted molar refractivity (Wildman–Crippen MR) is 42.7 cm³/mol. The summed E-state index contributed by atoms with van der Waals surface area (Å²) in [5, 5.41) is 0. The SMILES string of the molecule is CC(C)C[C@H](CN)CC=O. The fourth-order valence-electron chi connectivity index (χ4n) is 1.09. The van der Waals surface area contributed by atoms with E-state index in [1.54, 1.807) is 0 Å². The molecule has 0 aliphatic heterocycles. The maximum Gasteiger partial charge on any atom is 0.120 e. The zero-order chi connectivity index (χ0) is 7.98. The second-order valence-electron chi connectivity index (χ2n) is 3.13. The van der Waals surface area contributed by atoms with Crippen molar-refractivity contribution >= 4 is 6.29 Å². The molecular formula is C8H17NO. The van der Waals surface area contributed by atoms with Gasteiger partial charge in [-0.25, -0.2) is 0 Å². The van der Waals surface area contributed by atoms with Crippen LogP contribution < -0.4 is 5.73 Å². The number of aldehydes is 1. The van der Waals surface area contributed by atoms with Crippen LogP contribution in [-0.2, 0) is 4.79 Å². The second kappa shape index (κ2) is 5.42. The van der Waals surface area contributed by atoms with E-state index in [9.17, 15) is 4.79 Å². The third-order valence-corrected chi connectivity index (χ3v) is 1.57. The first-order valence-electron chi connectivity index (χ1n) is 3.84. The Morgan fingerprint density at radius 3 is 2.40 bits per heavy atom. The third kappa shape index (κ3) is 4.50. The van der Waals surface area contributed by atoms with Crippen LogP contribution in [0.15, 0.2) is 0 Å². The van der Waals surface area contributed by atoms with Gasteiger partial charge in [-0.3, -0.25) is 0 Å². The molecule has 0 aromatic carbocycles. The molecule has 0 saturated carbocycles. The summed E-state index contributed by atoms with van der Waals surface area (Å²) in [6.07, 6.45) is 2.64. The van der Waals surface area contributed by atoms with Crippen molar-refractivity contribution in [1.29, 1.82) is 0 Å². The van der Waals surface area contributed by atoms with Crippen molar-refractivity contribution in [3.05, 3.63) is 0 Å². The van der Waals surface area contributed by atoms with Gasteiger partial charge < -0.3 is 10.5 Å². The first-order chi connectivity index (χ1) is 4.70. The minimum Gasteiger partial charge on any atom is -0.330 e. The van der Waals surface area contributed by atoms with Gasteiger partial charge in [-0.05, 0) is 24.8 Å². The van der Waals surface area contributed by atoms with E-state index in [4.69, 9.17) is 5.73 Å². The van der Waals surface area contributed by atoms with Crippen LogP contribution in [0.25, 0.3) is 0 Å². The van der Waals surface area contributed by atoms with Crippen LogP contribution in [-0.4, -0.2) is 12.8 Å². The van der Waals surface area contributed by atoms with Crippen LogP contribution >= 0.6 is 0 Å². The fourth-order valence-corrected chi connectivity index (χ4v) is 1.09. The molecule has 0 aromatic heterocycles. The molecule has 0 heterocycles. The van der Waals surface area contributed by atoms with E-state index < -0.39 is 0 Å². The average Bonchev–Trinajstić information content (AvgIpc) is 1.86. The first kappa shape index (κ1) is 9.63. The molecular weight excluding hydrogens is 126 g/mol. The van der Waals surface area contributed by atoms with Crippen LogP contribution in [0.3, 0.4) is 0 Å². The van der Waals surface area contributed by atoms with E-state index in [-0.39, 0.29) is 0 Å². The zero-order valence-corrected chi connectivity index (χ0v) is 6.84. The van der Waals surface area contributed by atoms with E-state index in [0.717, 1.165) is 12.7 Å². The molecule has 1 atom stereocenters. The van der Waals surface area contributed by atoms with Crippen LogP contribution in [0.4, 0.5) is 0 Å². The van der Waals surface area contributed by atoms with Crippen LogP contribution in [0, 0.1) is 11.8 Å². The van der Waals surface area contributed by atoms with Crippen molar-refractivity contribution in [2.24, 2.45) is 17.6 Å². The van der Waals surface area contributed by atoms with Crippen molar-refractivity contribution in [2.75, 3.05) is 6.54 Å². The normalized spacial score (nSPS) is 13.6. The van der Waals surface area contributed by atoms with Gasteiger partial charge in [-0.15, -0.1) is 0 Å². The molecule has 10 heavy (non-hydrogen) atoms. The molecule has 60 valence electrons. The van der Waals surface area contributed by atoms with E-state index in [2.05, 4.69) is 13.8 Å². The number of hydrogen-bond donors (Lipinski definition) is 1. The highest BCUT2D eigenvalue weighted by Crippen LogP contribution is 2.12. The number of hydrogen-bond acceptors (Lipinski definition) is 2. The summed E-state index contributed by atoms with van der Waals surface area (Å²) in [6.45, 7) is 4.93. The molecule has 2 N–H and O–H groups in total. The highest BCUT2D eigenvalue weighted by Gasteiger charge is 2.07. The molecule has 0 fully saturated rings. The molecule has 2 heteroatoms. The Hall–Kier alpha value is -0.370. The summed E-state index contributed by atoms with van der Waals surface area (Å²) in [5.74, 6) is 1.05. The quantitative estimate of drug-likeness (QED) is 0.587. The van der Waals surface area contributed by atoms with Crippen molar-refractivity contribution < 1.29 is 4.79 Å². The van der Waals surface area contributed by atoms with E-state index in [1.165, 1.54) is 0 Å². The Morgan fingerprint density at radius 2 is 2.10 bits per heavy atom. The molecule has 0 aromatic rings. The van der Waals surface area contributed by atoms with Gasteiger partial charge in [-0.2, -0.15) is 0 Å². The first-order valence-corrected chi connectivity index (χ1v) is 3.84. The molecule has 0 spiro atoms. The lowest BCUT2D eigenvalue weighted by atomic mass is 9.95. The van der Waals surface area contributed by atoms with Gasteiger partial charge >= 0.3 is 0 Å². The van der Waals surface area contributed by atoms with Gasteiger partial charge in [0.05, 0.1) is 0 Å².